The molecule has 0 saturated carbocycles. The van der Waals surface area contributed by atoms with Gasteiger partial charge in [-0.05, 0) is 31.4 Å². The average molecular weight is 295 g/mol. The Hall–Kier alpha value is -1.46. The fourth-order valence-electron chi connectivity index (χ4n) is 2.59. The molecule has 0 spiro atoms. The van der Waals surface area contributed by atoms with Crippen LogP contribution in [0.25, 0.3) is 0 Å². The first-order valence-electron chi connectivity index (χ1n) is 7.35. The summed E-state index contributed by atoms with van der Waals surface area (Å²) in [7, 11) is 4.94. The van der Waals surface area contributed by atoms with E-state index < -0.39 is 0 Å². The average Bonchev–Trinajstić information content (AvgIpc) is 2.55. The molecule has 0 radical (unpaired) electrons. The SMILES string of the molecule is COc1cc(OC)c(OC)cc1CNCC1CCOCC1. The molecule has 118 valence electrons. The Bertz CT molecular complexity index is 444. The molecule has 1 saturated heterocycles. The molecule has 5 nitrogen and oxygen atoms in total. The number of nitrogens with one attached hydrogen (secondary N) is 1. The molecule has 0 unspecified atom stereocenters. The Labute approximate surface area is 126 Å². The van der Waals surface area contributed by atoms with Crippen LogP contribution in [0.15, 0.2) is 12.1 Å². The lowest BCUT2D eigenvalue weighted by Gasteiger charge is -2.22. The van der Waals surface area contributed by atoms with Gasteiger partial charge < -0.3 is 24.3 Å². The molecular formula is C16H25NO4. The van der Waals surface area contributed by atoms with Gasteiger partial charge in [0.2, 0.25) is 0 Å². The summed E-state index contributed by atoms with van der Waals surface area (Å²) in [6, 6.07) is 3.83. The predicted octanol–water partition coefficient (Wildman–Crippen LogP) is 2.23. The van der Waals surface area contributed by atoms with Crippen LogP contribution in [0.5, 0.6) is 17.2 Å². The lowest BCUT2D eigenvalue weighted by Crippen LogP contribution is -2.27. The molecule has 1 aliphatic heterocycles. The van der Waals surface area contributed by atoms with Crippen molar-refractivity contribution in [3.05, 3.63) is 17.7 Å². The van der Waals surface area contributed by atoms with Gasteiger partial charge in [-0.2, -0.15) is 0 Å². The first-order valence-corrected chi connectivity index (χ1v) is 7.35. The lowest BCUT2D eigenvalue weighted by molar-refractivity contribution is 0.0662. The van der Waals surface area contributed by atoms with Crippen molar-refractivity contribution in [1.29, 1.82) is 0 Å². The Morgan fingerprint density at radius 2 is 1.62 bits per heavy atom. The number of hydrogen-bond donors (Lipinski definition) is 1. The fraction of sp³-hybridized carbons (Fsp3) is 0.625. The van der Waals surface area contributed by atoms with Crippen LogP contribution < -0.4 is 19.5 Å². The largest absolute Gasteiger partial charge is 0.496 e. The van der Waals surface area contributed by atoms with E-state index in [4.69, 9.17) is 18.9 Å². The molecule has 1 aliphatic rings. The molecule has 1 N–H and O–H groups in total. The molecule has 0 atom stereocenters. The highest BCUT2D eigenvalue weighted by atomic mass is 16.5. The number of rotatable bonds is 7. The predicted molar refractivity (Wildman–Crippen MR) is 81.3 cm³/mol. The summed E-state index contributed by atoms with van der Waals surface area (Å²) in [5.41, 5.74) is 1.07. The van der Waals surface area contributed by atoms with Gasteiger partial charge in [-0.25, -0.2) is 0 Å². The van der Waals surface area contributed by atoms with Crippen LogP contribution in [0.4, 0.5) is 0 Å². The van der Waals surface area contributed by atoms with Gasteiger partial charge in [-0.3, -0.25) is 0 Å². The van der Waals surface area contributed by atoms with Crippen molar-refractivity contribution in [3.8, 4) is 17.2 Å². The first kappa shape index (κ1) is 15.9. The van der Waals surface area contributed by atoms with Crippen molar-refractivity contribution in [1.82, 2.24) is 5.32 Å². The number of benzene rings is 1. The molecule has 1 aromatic carbocycles. The monoisotopic (exact) mass is 295 g/mol. The number of methoxy groups -OCH3 is 3. The highest BCUT2D eigenvalue weighted by molar-refractivity contribution is 5.50. The smallest absolute Gasteiger partial charge is 0.164 e. The number of hydrogen-bond acceptors (Lipinski definition) is 5. The van der Waals surface area contributed by atoms with Gasteiger partial charge in [0.1, 0.15) is 5.75 Å². The van der Waals surface area contributed by atoms with Gasteiger partial charge in [-0.1, -0.05) is 0 Å². The van der Waals surface area contributed by atoms with Crippen molar-refractivity contribution < 1.29 is 18.9 Å². The van der Waals surface area contributed by atoms with Crippen LogP contribution in [0, 0.1) is 5.92 Å². The zero-order valence-corrected chi connectivity index (χ0v) is 13.1. The highest BCUT2D eigenvalue weighted by Gasteiger charge is 2.15. The quantitative estimate of drug-likeness (QED) is 0.836. The zero-order valence-electron chi connectivity index (χ0n) is 13.1. The van der Waals surface area contributed by atoms with Crippen molar-refractivity contribution in [3.63, 3.8) is 0 Å². The lowest BCUT2D eigenvalue weighted by atomic mass is 10.0. The Kier molecular flexibility index (Phi) is 6.14. The minimum atomic E-state index is 0.683. The second-order valence-corrected chi connectivity index (χ2v) is 5.21. The molecule has 1 aromatic rings. The van der Waals surface area contributed by atoms with Crippen molar-refractivity contribution >= 4 is 0 Å². The van der Waals surface area contributed by atoms with Gasteiger partial charge in [0.25, 0.3) is 0 Å². The third-order valence-electron chi connectivity index (χ3n) is 3.88. The summed E-state index contributed by atoms with van der Waals surface area (Å²) in [6.45, 7) is 3.51. The van der Waals surface area contributed by atoms with Gasteiger partial charge in [0.05, 0.1) is 21.3 Å². The molecule has 5 heteroatoms. The highest BCUT2D eigenvalue weighted by Crippen LogP contribution is 2.34. The van der Waals surface area contributed by atoms with E-state index >= 15 is 0 Å². The van der Waals surface area contributed by atoms with E-state index in [0.29, 0.717) is 11.7 Å². The fourth-order valence-corrected chi connectivity index (χ4v) is 2.59. The van der Waals surface area contributed by atoms with Crippen LogP contribution in [0.2, 0.25) is 0 Å². The van der Waals surface area contributed by atoms with E-state index in [1.165, 1.54) is 0 Å². The molecule has 1 fully saturated rings. The van der Waals surface area contributed by atoms with E-state index in [1.54, 1.807) is 21.3 Å². The van der Waals surface area contributed by atoms with Crippen LogP contribution in [-0.2, 0) is 11.3 Å². The van der Waals surface area contributed by atoms with E-state index in [1.807, 2.05) is 12.1 Å². The van der Waals surface area contributed by atoms with Crippen molar-refractivity contribution in [2.75, 3.05) is 41.1 Å². The van der Waals surface area contributed by atoms with Crippen LogP contribution in [0.3, 0.4) is 0 Å². The van der Waals surface area contributed by atoms with E-state index in [-0.39, 0.29) is 0 Å². The summed E-state index contributed by atoms with van der Waals surface area (Å²) in [5.74, 6) is 2.92. The molecule has 0 amide bonds. The normalized spacial score (nSPS) is 15.8. The van der Waals surface area contributed by atoms with Crippen molar-refractivity contribution in [2.24, 2.45) is 5.92 Å². The van der Waals surface area contributed by atoms with Crippen LogP contribution in [0.1, 0.15) is 18.4 Å². The van der Waals surface area contributed by atoms with Gasteiger partial charge in [0, 0.05) is 31.4 Å². The van der Waals surface area contributed by atoms with E-state index in [2.05, 4.69) is 5.32 Å². The summed E-state index contributed by atoms with van der Waals surface area (Å²) in [6.07, 6.45) is 2.27. The maximum atomic E-state index is 5.43. The molecule has 0 aliphatic carbocycles. The van der Waals surface area contributed by atoms with Gasteiger partial charge >= 0.3 is 0 Å². The summed E-state index contributed by atoms with van der Waals surface area (Å²) >= 11 is 0. The molecule has 0 bridgehead atoms. The standard InChI is InChI=1S/C16H25NO4/c1-18-14-9-16(20-3)15(19-2)8-13(14)11-17-10-12-4-6-21-7-5-12/h8-9,12,17H,4-7,10-11H2,1-3H3. The summed E-state index contributed by atoms with van der Waals surface area (Å²) in [4.78, 5) is 0. The van der Waals surface area contributed by atoms with Crippen LogP contribution >= 0.6 is 0 Å². The first-order chi connectivity index (χ1) is 10.3. The third kappa shape index (κ3) is 4.25. The van der Waals surface area contributed by atoms with Crippen molar-refractivity contribution in [2.45, 2.75) is 19.4 Å². The molecule has 1 heterocycles. The maximum absolute atomic E-state index is 5.43. The molecule has 21 heavy (non-hydrogen) atoms. The number of ether oxygens (including phenoxy) is 4. The summed E-state index contributed by atoms with van der Waals surface area (Å²) < 4.78 is 21.5. The minimum Gasteiger partial charge on any atom is -0.496 e. The molecule has 0 aromatic heterocycles. The van der Waals surface area contributed by atoms with Gasteiger partial charge in [-0.15, -0.1) is 0 Å². The molecular weight excluding hydrogens is 270 g/mol. The Morgan fingerprint density at radius 1 is 1.00 bits per heavy atom. The zero-order chi connectivity index (χ0) is 15.1. The van der Waals surface area contributed by atoms with Crippen LogP contribution in [-0.4, -0.2) is 41.1 Å². The third-order valence-corrected chi connectivity index (χ3v) is 3.88. The topological polar surface area (TPSA) is 49.0 Å². The second kappa shape index (κ2) is 8.10. The second-order valence-electron chi connectivity index (χ2n) is 5.21. The maximum Gasteiger partial charge on any atom is 0.164 e. The van der Waals surface area contributed by atoms with Gasteiger partial charge in [0.15, 0.2) is 11.5 Å². The molecule has 2 rings (SSSR count). The Morgan fingerprint density at radius 3 is 2.24 bits per heavy atom. The minimum absolute atomic E-state index is 0.683. The Balaban J connectivity index is 1.97. The van der Waals surface area contributed by atoms with E-state index in [0.717, 1.165) is 56.2 Å². The summed E-state index contributed by atoms with van der Waals surface area (Å²) in [5, 5.41) is 3.50. The van der Waals surface area contributed by atoms with E-state index in [9.17, 15) is 0 Å².